The van der Waals surface area contributed by atoms with Crippen molar-refractivity contribution < 1.29 is 12.3 Å². The number of hydrogen-bond donors (Lipinski definition) is 0. The maximum Gasteiger partial charge on any atom is 0.304 e. The number of aryl methyl sites for hydroxylation is 2. The molecule has 0 saturated carbocycles. The van der Waals surface area contributed by atoms with Crippen molar-refractivity contribution in [2.45, 2.75) is 13.5 Å². The van der Waals surface area contributed by atoms with E-state index < -0.39 is 16.0 Å². The van der Waals surface area contributed by atoms with Crippen LogP contribution in [0.1, 0.15) is 5.82 Å². The molecule has 0 fully saturated rings. The van der Waals surface area contributed by atoms with Crippen molar-refractivity contribution in [1.82, 2.24) is 25.0 Å². The van der Waals surface area contributed by atoms with Crippen molar-refractivity contribution in [3.05, 3.63) is 24.4 Å². The van der Waals surface area contributed by atoms with Gasteiger partial charge in [-0.25, -0.2) is 9.97 Å². The molecule has 0 amide bonds. The predicted molar refractivity (Wildman–Crippen MR) is 60.7 cm³/mol. The molecule has 96 valence electrons. The van der Waals surface area contributed by atoms with Crippen molar-refractivity contribution in [2.24, 2.45) is 0 Å². The Hall–Kier alpha value is -1.90. The average molecular weight is 271 g/mol. The molecule has 9 heteroatoms. The molecule has 0 spiro atoms. The van der Waals surface area contributed by atoms with E-state index in [4.69, 9.17) is 0 Å². The van der Waals surface area contributed by atoms with E-state index in [-0.39, 0.29) is 6.54 Å². The minimum Gasteiger partial charge on any atom is -0.251 e. The molecule has 0 aliphatic rings. The third-order valence-corrected chi connectivity index (χ3v) is 2.85. The fourth-order valence-electron chi connectivity index (χ4n) is 1.27. The molecular formula is C9H10FN5O2S. The van der Waals surface area contributed by atoms with Crippen LogP contribution >= 0.6 is 0 Å². The normalized spacial score (nSPS) is 11.7. The predicted octanol–water partition coefficient (Wildman–Crippen LogP) is 0.343. The van der Waals surface area contributed by atoms with E-state index in [9.17, 15) is 12.3 Å². The van der Waals surface area contributed by atoms with Gasteiger partial charge in [0.05, 0.1) is 18.5 Å². The summed E-state index contributed by atoms with van der Waals surface area (Å²) in [6.45, 7) is 1.67. The molecule has 2 aromatic heterocycles. The molecule has 0 unspecified atom stereocenters. The van der Waals surface area contributed by atoms with Gasteiger partial charge in [-0.05, 0) is 6.92 Å². The number of rotatable bonds is 4. The largest absolute Gasteiger partial charge is 0.304 e. The van der Waals surface area contributed by atoms with E-state index in [1.54, 1.807) is 19.3 Å². The van der Waals surface area contributed by atoms with Crippen molar-refractivity contribution in [3.8, 4) is 11.3 Å². The standard InChI is InChI=1S/C9H10FN5O2S/c1-7-11-4-8(5-12-7)9-6-15(14-13-9)2-3-18(10,16)17/h4-6H,2-3H2,1H3. The third kappa shape index (κ3) is 3.29. The number of halogens is 1. The molecule has 7 nitrogen and oxygen atoms in total. The lowest BCUT2D eigenvalue weighted by Crippen LogP contribution is -2.09. The molecule has 0 bridgehead atoms. The zero-order valence-electron chi connectivity index (χ0n) is 9.49. The molecule has 0 radical (unpaired) electrons. The smallest absolute Gasteiger partial charge is 0.251 e. The summed E-state index contributed by atoms with van der Waals surface area (Å²) in [7, 11) is -4.50. The van der Waals surface area contributed by atoms with Gasteiger partial charge < -0.3 is 0 Å². The summed E-state index contributed by atoms with van der Waals surface area (Å²) in [5, 5.41) is 7.53. The molecule has 2 rings (SSSR count). The first-order valence-corrected chi connectivity index (χ1v) is 6.61. The van der Waals surface area contributed by atoms with Gasteiger partial charge in [0.15, 0.2) is 0 Å². The van der Waals surface area contributed by atoms with E-state index >= 15 is 0 Å². The van der Waals surface area contributed by atoms with Gasteiger partial charge in [0.2, 0.25) is 0 Å². The zero-order valence-corrected chi connectivity index (χ0v) is 10.3. The molecular weight excluding hydrogens is 261 g/mol. The van der Waals surface area contributed by atoms with Gasteiger partial charge in [0.25, 0.3) is 0 Å². The Morgan fingerprint density at radius 1 is 1.33 bits per heavy atom. The molecule has 0 N–H and O–H groups in total. The van der Waals surface area contributed by atoms with Crippen molar-refractivity contribution in [2.75, 3.05) is 5.75 Å². The number of hydrogen-bond acceptors (Lipinski definition) is 6. The molecule has 2 heterocycles. The van der Waals surface area contributed by atoms with Gasteiger partial charge in [0, 0.05) is 18.0 Å². The number of nitrogens with zero attached hydrogens (tertiary/aromatic N) is 5. The summed E-state index contributed by atoms with van der Waals surface area (Å²) in [4.78, 5) is 8.01. The van der Waals surface area contributed by atoms with E-state index in [0.717, 1.165) is 0 Å². The maximum atomic E-state index is 12.3. The van der Waals surface area contributed by atoms with Crippen LogP contribution in [-0.4, -0.2) is 39.1 Å². The fourth-order valence-corrected chi connectivity index (χ4v) is 1.67. The summed E-state index contributed by atoms with van der Waals surface area (Å²) in [6, 6.07) is 0. The Morgan fingerprint density at radius 3 is 2.61 bits per heavy atom. The SMILES string of the molecule is Cc1ncc(-c2cn(CCS(=O)(=O)F)nn2)cn1. The van der Waals surface area contributed by atoms with E-state index in [1.165, 1.54) is 10.9 Å². The van der Waals surface area contributed by atoms with E-state index in [0.29, 0.717) is 17.1 Å². The Kier molecular flexibility index (Phi) is 3.32. The van der Waals surface area contributed by atoms with Gasteiger partial charge in [-0.2, -0.15) is 8.42 Å². The monoisotopic (exact) mass is 271 g/mol. The van der Waals surface area contributed by atoms with Crippen LogP contribution in [0, 0.1) is 6.92 Å². The van der Waals surface area contributed by atoms with E-state index in [1.807, 2.05) is 0 Å². The molecule has 0 aliphatic carbocycles. The first-order valence-electron chi connectivity index (χ1n) is 5.05. The van der Waals surface area contributed by atoms with Gasteiger partial charge in [0.1, 0.15) is 11.5 Å². The van der Waals surface area contributed by atoms with Gasteiger partial charge in [-0.15, -0.1) is 8.98 Å². The molecule has 0 aliphatic heterocycles. The molecule has 2 aromatic rings. The second-order valence-electron chi connectivity index (χ2n) is 3.63. The lowest BCUT2D eigenvalue weighted by atomic mass is 10.3. The Morgan fingerprint density at radius 2 is 2.00 bits per heavy atom. The van der Waals surface area contributed by atoms with Crippen molar-refractivity contribution in [1.29, 1.82) is 0 Å². The minimum atomic E-state index is -4.50. The second-order valence-corrected chi connectivity index (χ2v) is 5.11. The highest BCUT2D eigenvalue weighted by molar-refractivity contribution is 7.86. The van der Waals surface area contributed by atoms with Crippen molar-refractivity contribution >= 4 is 10.2 Å². The summed E-state index contributed by atoms with van der Waals surface area (Å²) in [6.07, 6.45) is 4.68. The molecule has 18 heavy (non-hydrogen) atoms. The number of aromatic nitrogens is 5. The van der Waals surface area contributed by atoms with Crippen LogP contribution in [0.3, 0.4) is 0 Å². The van der Waals surface area contributed by atoms with Crippen LogP contribution in [0.15, 0.2) is 18.6 Å². The fraction of sp³-hybridized carbons (Fsp3) is 0.333. The Balaban J connectivity index is 2.13. The molecule has 0 aromatic carbocycles. The Labute approximate surface area is 103 Å². The summed E-state index contributed by atoms with van der Waals surface area (Å²) >= 11 is 0. The van der Waals surface area contributed by atoms with Crippen LogP contribution in [0.25, 0.3) is 11.3 Å². The summed E-state index contributed by atoms with van der Waals surface area (Å²) in [5.74, 6) is 0.00914. The van der Waals surface area contributed by atoms with Crippen LogP contribution in [-0.2, 0) is 16.8 Å². The quantitative estimate of drug-likeness (QED) is 0.745. The first kappa shape index (κ1) is 12.6. The average Bonchev–Trinajstić information content (AvgIpc) is 2.75. The van der Waals surface area contributed by atoms with Gasteiger partial charge >= 0.3 is 10.2 Å². The maximum absolute atomic E-state index is 12.3. The van der Waals surface area contributed by atoms with Crippen LogP contribution < -0.4 is 0 Å². The molecule has 0 atom stereocenters. The lowest BCUT2D eigenvalue weighted by molar-refractivity contribution is 0.537. The zero-order chi connectivity index (χ0) is 13.2. The van der Waals surface area contributed by atoms with Crippen LogP contribution in [0.4, 0.5) is 3.89 Å². The highest BCUT2D eigenvalue weighted by Gasteiger charge is 2.09. The van der Waals surface area contributed by atoms with Crippen LogP contribution in [0.2, 0.25) is 0 Å². The van der Waals surface area contributed by atoms with Gasteiger partial charge in [-0.1, -0.05) is 5.21 Å². The second kappa shape index (κ2) is 4.77. The minimum absolute atomic E-state index is 0.0848. The summed E-state index contributed by atoms with van der Waals surface area (Å²) < 4.78 is 34.3. The highest BCUT2D eigenvalue weighted by Crippen LogP contribution is 2.13. The van der Waals surface area contributed by atoms with Crippen molar-refractivity contribution in [3.63, 3.8) is 0 Å². The topological polar surface area (TPSA) is 90.6 Å². The first-order chi connectivity index (χ1) is 8.44. The van der Waals surface area contributed by atoms with Gasteiger partial charge in [-0.3, -0.25) is 4.68 Å². The summed E-state index contributed by atoms with van der Waals surface area (Å²) in [5.41, 5.74) is 1.17. The Bertz CT molecular complexity index is 637. The lowest BCUT2D eigenvalue weighted by Gasteiger charge is -1.96. The van der Waals surface area contributed by atoms with E-state index in [2.05, 4.69) is 20.3 Å². The third-order valence-electron chi connectivity index (χ3n) is 2.18. The molecule has 0 saturated heterocycles. The van der Waals surface area contributed by atoms with Crippen LogP contribution in [0.5, 0.6) is 0 Å². The highest BCUT2D eigenvalue weighted by atomic mass is 32.3.